The molecule has 5 nitrogen and oxygen atoms in total. The zero-order chi connectivity index (χ0) is 14.3. The van der Waals surface area contributed by atoms with Crippen molar-refractivity contribution in [3.05, 3.63) is 12.5 Å². The van der Waals surface area contributed by atoms with Crippen LogP contribution in [-0.4, -0.2) is 28.2 Å². The first-order chi connectivity index (χ1) is 8.94. The summed E-state index contributed by atoms with van der Waals surface area (Å²) in [6.45, 7) is 5.90. The summed E-state index contributed by atoms with van der Waals surface area (Å²) >= 11 is 1.59. The smallest absolute Gasteiger partial charge is 0.255 e. The number of primary amides is 1. The van der Waals surface area contributed by atoms with Crippen molar-refractivity contribution in [2.24, 2.45) is 5.73 Å². The van der Waals surface area contributed by atoms with Crippen molar-refractivity contribution in [1.82, 2.24) is 10.3 Å². The van der Waals surface area contributed by atoms with Crippen molar-refractivity contribution in [3.63, 3.8) is 0 Å². The molecule has 1 aromatic rings. The molecule has 6 heteroatoms. The molecule has 0 aromatic carbocycles. The molecule has 0 aliphatic carbocycles. The van der Waals surface area contributed by atoms with E-state index in [-0.39, 0.29) is 11.9 Å². The van der Waals surface area contributed by atoms with Crippen LogP contribution in [0, 0.1) is 0 Å². The van der Waals surface area contributed by atoms with E-state index in [1.54, 1.807) is 24.2 Å². The van der Waals surface area contributed by atoms with Gasteiger partial charge in [0.2, 0.25) is 5.91 Å². The van der Waals surface area contributed by atoms with Gasteiger partial charge in [0.15, 0.2) is 0 Å². The summed E-state index contributed by atoms with van der Waals surface area (Å²) in [4.78, 5) is 15.6. The van der Waals surface area contributed by atoms with Crippen LogP contribution in [0.15, 0.2) is 22.1 Å². The zero-order valence-electron chi connectivity index (χ0n) is 11.8. The van der Waals surface area contributed by atoms with E-state index < -0.39 is 5.54 Å². The molecule has 19 heavy (non-hydrogen) atoms. The highest BCUT2D eigenvalue weighted by molar-refractivity contribution is 7.99. The quantitative estimate of drug-likeness (QED) is 0.537. The highest BCUT2D eigenvalue weighted by atomic mass is 32.2. The van der Waals surface area contributed by atoms with Crippen LogP contribution in [0.1, 0.15) is 40.0 Å². The molecule has 1 unspecified atom stereocenters. The summed E-state index contributed by atoms with van der Waals surface area (Å²) in [6.07, 6.45) is 5.88. The first-order valence-electron chi connectivity index (χ1n) is 6.54. The van der Waals surface area contributed by atoms with Gasteiger partial charge in [0.05, 0.1) is 11.7 Å². The topological polar surface area (TPSA) is 81.2 Å². The van der Waals surface area contributed by atoms with Gasteiger partial charge in [-0.15, -0.1) is 0 Å². The van der Waals surface area contributed by atoms with Gasteiger partial charge < -0.3 is 15.5 Å². The highest BCUT2D eigenvalue weighted by Crippen LogP contribution is 2.19. The van der Waals surface area contributed by atoms with Gasteiger partial charge in [-0.1, -0.05) is 18.2 Å². The summed E-state index contributed by atoms with van der Waals surface area (Å²) in [5.41, 5.74) is 4.86. The lowest BCUT2D eigenvalue weighted by molar-refractivity contribution is -0.124. The highest BCUT2D eigenvalue weighted by Gasteiger charge is 2.30. The maximum Gasteiger partial charge on any atom is 0.255 e. The summed E-state index contributed by atoms with van der Waals surface area (Å²) in [6, 6.07) is 0.235. The molecule has 1 atom stereocenters. The molecular formula is C13H23N3O2S. The van der Waals surface area contributed by atoms with E-state index in [2.05, 4.69) is 10.3 Å². The van der Waals surface area contributed by atoms with Crippen LogP contribution in [0.25, 0.3) is 0 Å². The fraction of sp³-hybridized carbons (Fsp3) is 0.692. The third-order valence-electron chi connectivity index (χ3n) is 2.86. The van der Waals surface area contributed by atoms with E-state index >= 15 is 0 Å². The number of nitrogens with one attached hydrogen (secondary N) is 1. The van der Waals surface area contributed by atoms with Crippen LogP contribution in [0.3, 0.4) is 0 Å². The number of rotatable bonds is 9. The third kappa shape index (κ3) is 5.65. The van der Waals surface area contributed by atoms with Crippen LogP contribution in [0.5, 0.6) is 0 Å². The summed E-state index contributed by atoms with van der Waals surface area (Å²) in [7, 11) is 0. The minimum absolute atomic E-state index is 0.235. The second-order valence-electron chi connectivity index (χ2n) is 5.10. The number of oxazole rings is 1. The lowest BCUT2D eigenvalue weighted by Crippen LogP contribution is -2.55. The Morgan fingerprint density at radius 3 is 2.84 bits per heavy atom. The van der Waals surface area contributed by atoms with Crippen LogP contribution >= 0.6 is 11.8 Å². The molecule has 0 saturated heterocycles. The minimum atomic E-state index is -0.623. The van der Waals surface area contributed by atoms with Crippen molar-refractivity contribution in [1.29, 1.82) is 0 Å². The van der Waals surface area contributed by atoms with E-state index in [9.17, 15) is 4.79 Å². The summed E-state index contributed by atoms with van der Waals surface area (Å²) in [5.74, 6) is 0.637. The molecule has 0 bridgehead atoms. The van der Waals surface area contributed by atoms with E-state index in [1.807, 2.05) is 20.8 Å². The van der Waals surface area contributed by atoms with Crippen molar-refractivity contribution < 1.29 is 9.21 Å². The SMILES string of the molecule is CC(C)NC(C)(CCCCSc1ncco1)C(N)=O. The van der Waals surface area contributed by atoms with E-state index in [1.165, 1.54) is 0 Å². The number of nitrogens with two attached hydrogens (primary N) is 1. The number of hydrogen-bond acceptors (Lipinski definition) is 5. The lowest BCUT2D eigenvalue weighted by Gasteiger charge is -2.29. The van der Waals surface area contributed by atoms with Crippen molar-refractivity contribution in [2.75, 3.05) is 5.75 Å². The average molecular weight is 285 g/mol. The number of carbonyl (C=O) groups excluding carboxylic acids is 1. The van der Waals surface area contributed by atoms with E-state index in [0.29, 0.717) is 5.22 Å². The molecule has 0 aliphatic heterocycles. The standard InChI is InChI=1S/C13H23N3O2S/c1-10(2)16-13(3,11(14)17)6-4-5-9-19-12-15-7-8-18-12/h7-8,10,16H,4-6,9H2,1-3H3,(H2,14,17). The van der Waals surface area contributed by atoms with Crippen LogP contribution in [-0.2, 0) is 4.79 Å². The first kappa shape index (κ1) is 16.0. The molecule has 1 amide bonds. The lowest BCUT2D eigenvalue weighted by atomic mass is 9.93. The molecule has 0 saturated carbocycles. The average Bonchev–Trinajstić information content (AvgIpc) is 2.80. The van der Waals surface area contributed by atoms with Gasteiger partial charge in [-0.3, -0.25) is 4.79 Å². The molecule has 0 radical (unpaired) electrons. The van der Waals surface area contributed by atoms with E-state index in [4.69, 9.17) is 10.2 Å². The number of nitrogens with zero attached hydrogens (tertiary/aromatic N) is 1. The summed E-state index contributed by atoms with van der Waals surface area (Å²) < 4.78 is 5.14. The number of thioether (sulfide) groups is 1. The Balaban J connectivity index is 2.26. The molecule has 1 heterocycles. The zero-order valence-corrected chi connectivity index (χ0v) is 12.6. The number of amides is 1. The largest absolute Gasteiger partial charge is 0.440 e. The summed E-state index contributed by atoms with van der Waals surface area (Å²) in [5, 5.41) is 3.94. The van der Waals surface area contributed by atoms with Gasteiger partial charge in [0, 0.05) is 11.8 Å². The van der Waals surface area contributed by atoms with Gasteiger partial charge >= 0.3 is 0 Å². The Morgan fingerprint density at radius 2 is 2.32 bits per heavy atom. The van der Waals surface area contributed by atoms with E-state index in [0.717, 1.165) is 25.0 Å². The van der Waals surface area contributed by atoms with Crippen LogP contribution < -0.4 is 11.1 Å². The minimum Gasteiger partial charge on any atom is -0.440 e. The Bertz CT molecular complexity index is 381. The Kier molecular flexibility index (Phi) is 6.37. The van der Waals surface area contributed by atoms with Crippen LogP contribution in [0.4, 0.5) is 0 Å². The predicted molar refractivity (Wildman–Crippen MR) is 76.9 cm³/mol. The fourth-order valence-electron chi connectivity index (χ4n) is 1.93. The maximum atomic E-state index is 11.5. The second-order valence-corrected chi connectivity index (χ2v) is 6.15. The molecule has 0 fully saturated rings. The first-order valence-corrected chi connectivity index (χ1v) is 7.52. The fourth-order valence-corrected chi connectivity index (χ4v) is 2.71. The molecule has 1 rings (SSSR count). The van der Waals surface area contributed by atoms with Crippen molar-refractivity contribution in [3.8, 4) is 0 Å². The normalized spacial score (nSPS) is 14.5. The van der Waals surface area contributed by atoms with Gasteiger partial charge in [-0.25, -0.2) is 4.98 Å². The molecule has 0 aliphatic rings. The molecule has 108 valence electrons. The molecule has 3 N–H and O–H groups in total. The van der Waals surface area contributed by atoms with Gasteiger partial charge in [0.1, 0.15) is 6.26 Å². The van der Waals surface area contributed by atoms with Crippen LogP contribution in [0.2, 0.25) is 0 Å². The van der Waals surface area contributed by atoms with Gasteiger partial charge in [0.25, 0.3) is 5.22 Å². The third-order valence-corrected chi connectivity index (χ3v) is 3.80. The number of hydrogen-bond donors (Lipinski definition) is 2. The predicted octanol–water partition coefficient (Wildman–Crippen LogP) is 2.18. The second kappa shape index (κ2) is 7.55. The van der Waals surface area contributed by atoms with Gasteiger partial charge in [-0.2, -0.15) is 0 Å². The molecule has 1 aromatic heterocycles. The van der Waals surface area contributed by atoms with Crippen molar-refractivity contribution >= 4 is 17.7 Å². The molecule has 0 spiro atoms. The number of unbranched alkanes of at least 4 members (excludes halogenated alkanes) is 1. The maximum absolute atomic E-state index is 11.5. The number of aromatic nitrogens is 1. The Morgan fingerprint density at radius 1 is 1.58 bits per heavy atom. The van der Waals surface area contributed by atoms with Gasteiger partial charge in [-0.05, 0) is 33.6 Å². The Hall–Kier alpha value is -1.01. The Labute approximate surface area is 118 Å². The monoisotopic (exact) mass is 285 g/mol. The molecular weight excluding hydrogens is 262 g/mol. The number of carbonyl (C=O) groups is 1. The van der Waals surface area contributed by atoms with Crippen molar-refractivity contribution in [2.45, 2.75) is 56.8 Å².